The molecule has 1 amide bonds. The second kappa shape index (κ2) is 9.71. The molecule has 1 heterocycles. The van der Waals surface area contributed by atoms with Gasteiger partial charge in [0.1, 0.15) is 11.6 Å². The molecule has 2 N–H and O–H groups in total. The number of aromatic nitrogens is 1. The lowest BCUT2D eigenvalue weighted by Gasteiger charge is -2.18. The standard InChI is InChI=1S/C24H23ClFN3O2/c1-3-24(31)29(2)21-9-7-17(13-20(21)26)16-6-8-18(19(25)12-16)22(30)10-4-15-5-11-23(27)28-14-15/h5-9,11-14H,3-4,10H2,1-2H3,(H2,27,28). The van der Waals surface area contributed by atoms with E-state index in [2.05, 4.69) is 4.98 Å². The number of rotatable bonds is 7. The number of benzene rings is 2. The molecule has 31 heavy (non-hydrogen) atoms. The number of pyridine rings is 1. The lowest BCUT2D eigenvalue weighted by molar-refractivity contribution is -0.118. The summed E-state index contributed by atoms with van der Waals surface area (Å²) < 4.78 is 14.6. The largest absolute Gasteiger partial charge is 0.384 e. The minimum atomic E-state index is -0.504. The summed E-state index contributed by atoms with van der Waals surface area (Å²) in [6.07, 6.45) is 2.75. The van der Waals surface area contributed by atoms with Crippen LogP contribution in [0, 0.1) is 5.82 Å². The first-order valence-electron chi connectivity index (χ1n) is 9.89. The minimum absolute atomic E-state index is 0.0883. The zero-order chi connectivity index (χ0) is 22.5. The number of anilines is 2. The lowest BCUT2D eigenvalue weighted by Crippen LogP contribution is -2.25. The topological polar surface area (TPSA) is 76.3 Å². The molecule has 3 aromatic rings. The predicted octanol–water partition coefficient (Wildman–Crippen LogP) is 5.31. The van der Waals surface area contributed by atoms with Gasteiger partial charge in [0.05, 0.1) is 10.7 Å². The number of amides is 1. The van der Waals surface area contributed by atoms with Crippen LogP contribution in [0.1, 0.15) is 35.7 Å². The number of halogens is 2. The molecule has 7 heteroatoms. The third-order valence-electron chi connectivity index (χ3n) is 5.08. The molecule has 0 unspecified atom stereocenters. The van der Waals surface area contributed by atoms with Crippen molar-refractivity contribution in [3.8, 4) is 11.1 Å². The Kier molecular flexibility index (Phi) is 7.02. The fourth-order valence-corrected chi connectivity index (χ4v) is 3.51. The highest BCUT2D eigenvalue weighted by Gasteiger charge is 2.16. The Bertz CT molecular complexity index is 1120. The average molecular weight is 440 g/mol. The zero-order valence-electron chi connectivity index (χ0n) is 17.4. The molecule has 0 bridgehead atoms. The molecule has 0 fully saturated rings. The number of carbonyl (C=O) groups is 2. The second-order valence-corrected chi connectivity index (χ2v) is 7.59. The van der Waals surface area contributed by atoms with Crippen molar-refractivity contribution in [1.29, 1.82) is 0 Å². The highest BCUT2D eigenvalue weighted by Crippen LogP contribution is 2.30. The van der Waals surface area contributed by atoms with Crippen LogP contribution in [-0.4, -0.2) is 23.7 Å². The zero-order valence-corrected chi connectivity index (χ0v) is 18.1. The monoisotopic (exact) mass is 439 g/mol. The summed E-state index contributed by atoms with van der Waals surface area (Å²) in [5.74, 6) is -0.334. The molecule has 3 rings (SSSR count). The minimum Gasteiger partial charge on any atom is -0.384 e. The molecule has 0 atom stereocenters. The first-order valence-corrected chi connectivity index (χ1v) is 10.3. The van der Waals surface area contributed by atoms with Crippen molar-refractivity contribution in [1.82, 2.24) is 4.98 Å². The molecule has 0 aliphatic rings. The van der Waals surface area contributed by atoms with Gasteiger partial charge in [-0.3, -0.25) is 9.59 Å². The maximum absolute atomic E-state index is 14.6. The quantitative estimate of drug-likeness (QED) is 0.506. The third kappa shape index (κ3) is 5.27. The van der Waals surface area contributed by atoms with Crippen molar-refractivity contribution in [3.05, 3.63) is 76.7 Å². The van der Waals surface area contributed by atoms with Crippen LogP contribution >= 0.6 is 11.6 Å². The van der Waals surface area contributed by atoms with Crippen molar-refractivity contribution >= 4 is 34.8 Å². The first-order chi connectivity index (χ1) is 14.8. The Morgan fingerprint density at radius 2 is 1.81 bits per heavy atom. The van der Waals surface area contributed by atoms with Gasteiger partial charge in [-0.2, -0.15) is 0 Å². The fraction of sp³-hybridized carbons (Fsp3) is 0.208. The van der Waals surface area contributed by atoms with Crippen LogP contribution in [0.4, 0.5) is 15.9 Å². The van der Waals surface area contributed by atoms with E-state index in [0.717, 1.165) is 5.56 Å². The predicted molar refractivity (Wildman–Crippen MR) is 122 cm³/mol. The number of nitrogen functional groups attached to an aromatic ring is 1. The molecule has 5 nitrogen and oxygen atoms in total. The highest BCUT2D eigenvalue weighted by atomic mass is 35.5. The van der Waals surface area contributed by atoms with E-state index in [0.29, 0.717) is 34.0 Å². The number of ketones is 1. The van der Waals surface area contributed by atoms with Crippen LogP contribution in [0.15, 0.2) is 54.7 Å². The lowest BCUT2D eigenvalue weighted by atomic mass is 9.99. The molecule has 0 aliphatic heterocycles. The van der Waals surface area contributed by atoms with E-state index in [-0.39, 0.29) is 30.2 Å². The third-order valence-corrected chi connectivity index (χ3v) is 5.39. The summed E-state index contributed by atoms with van der Waals surface area (Å²) in [5, 5.41) is 0.306. The number of nitrogens with two attached hydrogens (primary N) is 1. The van der Waals surface area contributed by atoms with Crippen LogP contribution in [-0.2, 0) is 11.2 Å². The average Bonchev–Trinajstić information content (AvgIpc) is 2.77. The Balaban J connectivity index is 1.75. The van der Waals surface area contributed by atoms with E-state index in [9.17, 15) is 14.0 Å². The van der Waals surface area contributed by atoms with Crippen molar-refractivity contribution in [3.63, 3.8) is 0 Å². The summed E-state index contributed by atoms with van der Waals surface area (Å²) >= 11 is 6.36. The van der Waals surface area contributed by atoms with Gasteiger partial charge < -0.3 is 10.6 Å². The number of hydrogen-bond acceptors (Lipinski definition) is 4. The van der Waals surface area contributed by atoms with Gasteiger partial charge in [0.2, 0.25) is 5.91 Å². The Morgan fingerprint density at radius 1 is 1.10 bits per heavy atom. The van der Waals surface area contributed by atoms with Gasteiger partial charge >= 0.3 is 0 Å². The van der Waals surface area contributed by atoms with E-state index in [1.165, 1.54) is 11.0 Å². The molecule has 0 saturated carbocycles. The van der Waals surface area contributed by atoms with E-state index >= 15 is 0 Å². The van der Waals surface area contributed by atoms with Crippen LogP contribution in [0.3, 0.4) is 0 Å². The second-order valence-electron chi connectivity index (χ2n) is 7.18. The van der Waals surface area contributed by atoms with Gasteiger partial charge in [0.15, 0.2) is 5.78 Å². The molecule has 1 aromatic heterocycles. The van der Waals surface area contributed by atoms with Gasteiger partial charge in [-0.05, 0) is 53.4 Å². The summed E-state index contributed by atoms with van der Waals surface area (Å²) in [4.78, 5) is 29.7. The van der Waals surface area contributed by atoms with Gasteiger partial charge in [-0.1, -0.05) is 36.7 Å². The summed E-state index contributed by atoms with van der Waals surface area (Å²) in [7, 11) is 1.54. The van der Waals surface area contributed by atoms with Crippen molar-refractivity contribution in [2.24, 2.45) is 0 Å². The van der Waals surface area contributed by atoms with Crippen molar-refractivity contribution < 1.29 is 14.0 Å². The Hall–Kier alpha value is -3.25. The van der Waals surface area contributed by atoms with Gasteiger partial charge in [-0.25, -0.2) is 9.37 Å². The van der Waals surface area contributed by atoms with Crippen LogP contribution in [0.2, 0.25) is 5.02 Å². The molecular weight excluding hydrogens is 417 g/mol. The molecule has 0 saturated heterocycles. The van der Waals surface area contributed by atoms with E-state index in [1.54, 1.807) is 56.6 Å². The summed E-state index contributed by atoms with van der Waals surface area (Å²) in [6.45, 7) is 1.72. The van der Waals surface area contributed by atoms with Crippen molar-refractivity contribution in [2.45, 2.75) is 26.2 Å². The van der Waals surface area contributed by atoms with Gasteiger partial charge in [-0.15, -0.1) is 0 Å². The Morgan fingerprint density at radius 3 is 2.42 bits per heavy atom. The first kappa shape index (κ1) is 22.4. The maximum Gasteiger partial charge on any atom is 0.226 e. The number of aryl methyl sites for hydroxylation is 1. The van der Waals surface area contributed by atoms with Crippen LogP contribution in [0.5, 0.6) is 0 Å². The number of hydrogen-bond donors (Lipinski definition) is 1. The Labute approximate surface area is 185 Å². The summed E-state index contributed by atoms with van der Waals surface area (Å²) in [6, 6.07) is 13.2. The maximum atomic E-state index is 14.6. The van der Waals surface area contributed by atoms with Gasteiger partial charge in [0, 0.05) is 31.6 Å². The summed E-state index contributed by atoms with van der Waals surface area (Å²) in [5.41, 5.74) is 8.40. The van der Waals surface area contributed by atoms with Crippen LogP contribution < -0.4 is 10.6 Å². The fourth-order valence-electron chi connectivity index (χ4n) is 3.23. The van der Waals surface area contributed by atoms with E-state index in [4.69, 9.17) is 17.3 Å². The van der Waals surface area contributed by atoms with E-state index in [1.807, 2.05) is 6.07 Å². The number of Topliss-reactive ketones (excluding diaryl/α,β-unsaturated/α-hetero) is 1. The number of carbonyl (C=O) groups excluding carboxylic acids is 2. The molecular formula is C24H23ClFN3O2. The van der Waals surface area contributed by atoms with E-state index < -0.39 is 5.82 Å². The molecule has 0 aliphatic carbocycles. The van der Waals surface area contributed by atoms with Gasteiger partial charge in [0.25, 0.3) is 0 Å². The van der Waals surface area contributed by atoms with Crippen molar-refractivity contribution in [2.75, 3.05) is 17.7 Å². The SMILES string of the molecule is CCC(=O)N(C)c1ccc(-c2ccc(C(=O)CCc3ccc(N)nc3)c(Cl)c2)cc1F. The van der Waals surface area contributed by atoms with Crippen LogP contribution in [0.25, 0.3) is 11.1 Å². The molecule has 160 valence electrons. The normalized spacial score (nSPS) is 10.7. The molecule has 0 radical (unpaired) electrons. The highest BCUT2D eigenvalue weighted by molar-refractivity contribution is 6.34. The molecule has 2 aromatic carbocycles. The smallest absolute Gasteiger partial charge is 0.226 e. The molecule has 0 spiro atoms. The number of nitrogens with zero attached hydrogens (tertiary/aromatic N) is 2.